The molecule has 0 bridgehead atoms. The van der Waals surface area contributed by atoms with Crippen LogP contribution in [-0.2, 0) is 10.0 Å². The summed E-state index contributed by atoms with van der Waals surface area (Å²) in [5, 5.41) is 15.7. The molecule has 0 aliphatic heterocycles. The summed E-state index contributed by atoms with van der Waals surface area (Å²) in [5.41, 5.74) is 1.72. The number of rotatable bonds is 5. The molecule has 0 saturated heterocycles. The van der Waals surface area contributed by atoms with Gasteiger partial charge in [0.2, 0.25) is 0 Å². The van der Waals surface area contributed by atoms with Gasteiger partial charge in [-0.25, -0.2) is 4.83 Å². The van der Waals surface area contributed by atoms with Crippen molar-refractivity contribution >= 4 is 21.9 Å². The fraction of sp³-hybridized carbons (Fsp3) is 0.0667. The van der Waals surface area contributed by atoms with Gasteiger partial charge < -0.3 is 5.21 Å². The van der Waals surface area contributed by atoms with Crippen molar-refractivity contribution in [1.29, 1.82) is 0 Å². The number of nitrogens with one attached hydrogen (secondary N) is 1. The lowest BCUT2D eigenvalue weighted by atomic mass is 10.1. The van der Waals surface area contributed by atoms with Crippen LogP contribution >= 0.6 is 0 Å². The van der Waals surface area contributed by atoms with Crippen molar-refractivity contribution in [1.82, 2.24) is 4.83 Å². The molecule has 6 nitrogen and oxygen atoms in total. The molecule has 0 fully saturated rings. The largest absolute Gasteiger partial charge is 0.410 e. The van der Waals surface area contributed by atoms with Crippen LogP contribution < -0.4 is 4.83 Å². The van der Waals surface area contributed by atoms with Crippen LogP contribution in [0.1, 0.15) is 11.1 Å². The van der Waals surface area contributed by atoms with Crippen LogP contribution in [0.4, 0.5) is 0 Å². The second-order valence-corrected chi connectivity index (χ2v) is 6.18. The molecule has 2 N–H and O–H groups in total. The Hall–Kier alpha value is -2.67. The van der Waals surface area contributed by atoms with E-state index in [0.717, 1.165) is 11.8 Å². The van der Waals surface area contributed by atoms with E-state index in [4.69, 9.17) is 5.21 Å². The molecule has 0 aliphatic carbocycles. The molecular formula is C15H15N3O3S. The molecule has 0 unspecified atom stereocenters. The minimum atomic E-state index is -3.75. The van der Waals surface area contributed by atoms with Gasteiger partial charge in [-0.1, -0.05) is 53.2 Å². The van der Waals surface area contributed by atoms with E-state index in [1.165, 1.54) is 12.1 Å². The van der Waals surface area contributed by atoms with Gasteiger partial charge in [-0.05, 0) is 19.1 Å². The normalized spacial score (nSPS) is 12.5. The molecule has 114 valence electrons. The molecule has 0 aromatic heterocycles. The summed E-state index contributed by atoms with van der Waals surface area (Å²) in [6.07, 6.45) is 1.14. The molecular weight excluding hydrogens is 302 g/mol. The Balaban J connectivity index is 2.12. The fourth-order valence-electron chi connectivity index (χ4n) is 1.69. The highest BCUT2D eigenvalue weighted by Crippen LogP contribution is 2.09. The highest BCUT2D eigenvalue weighted by atomic mass is 32.2. The number of hydrogen-bond acceptors (Lipinski definition) is 5. The number of hydrazone groups is 1. The van der Waals surface area contributed by atoms with Gasteiger partial charge in [0.25, 0.3) is 10.0 Å². The van der Waals surface area contributed by atoms with E-state index in [1.807, 2.05) is 13.0 Å². The number of oxime groups is 1. The Morgan fingerprint density at radius 3 is 2.32 bits per heavy atom. The zero-order chi connectivity index (χ0) is 16.0. The average Bonchev–Trinajstić information content (AvgIpc) is 2.53. The van der Waals surface area contributed by atoms with Gasteiger partial charge in [0, 0.05) is 5.56 Å². The van der Waals surface area contributed by atoms with Gasteiger partial charge >= 0.3 is 0 Å². The van der Waals surface area contributed by atoms with Crippen LogP contribution in [-0.4, -0.2) is 25.6 Å². The van der Waals surface area contributed by atoms with Crippen LogP contribution in [0.3, 0.4) is 0 Å². The van der Waals surface area contributed by atoms with Crippen LogP contribution in [0.2, 0.25) is 0 Å². The first-order chi connectivity index (χ1) is 10.5. The van der Waals surface area contributed by atoms with E-state index in [2.05, 4.69) is 15.1 Å². The van der Waals surface area contributed by atoms with E-state index in [-0.39, 0.29) is 10.6 Å². The number of benzene rings is 2. The average molecular weight is 317 g/mol. The van der Waals surface area contributed by atoms with Crippen molar-refractivity contribution in [3.05, 3.63) is 65.7 Å². The Labute approximate surface area is 128 Å². The van der Waals surface area contributed by atoms with Crippen molar-refractivity contribution in [3.63, 3.8) is 0 Å². The molecule has 0 amide bonds. The SMILES string of the molecule is Cc1ccc(S(=O)(=O)N/N=C/C(=N/O)c2ccccc2)cc1. The summed E-state index contributed by atoms with van der Waals surface area (Å²) in [4.78, 5) is 2.19. The van der Waals surface area contributed by atoms with E-state index >= 15 is 0 Å². The van der Waals surface area contributed by atoms with Crippen LogP contribution in [0, 0.1) is 6.92 Å². The van der Waals surface area contributed by atoms with Crippen molar-refractivity contribution < 1.29 is 13.6 Å². The molecule has 2 aromatic rings. The van der Waals surface area contributed by atoms with E-state index in [9.17, 15) is 8.42 Å². The summed E-state index contributed by atoms with van der Waals surface area (Å²) >= 11 is 0. The predicted molar refractivity (Wildman–Crippen MR) is 84.8 cm³/mol. The van der Waals surface area contributed by atoms with Gasteiger partial charge in [-0.3, -0.25) is 0 Å². The van der Waals surface area contributed by atoms with Crippen molar-refractivity contribution in [3.8, 4) is 0 Å². The summed E-state index contributed by atoms with van der Waals surface area (Å²) in [6, 6.07) is 15.2. The van der Waals surface area contributed by atoms with Gasteiger partial charge in [0.05, 0.1) is 11.1 Å². The minimum Gasteiger partial charge on any atom is -0.410 e. The van der Waals surface area contributed by atoms with Crippen molar-refractivity contribution in [2.75, 3.05) is 0 Å². The molecule has 2 rings (SSSR count). The van der Waals surface area contributed by atoms with Crippen molar-refractivity contribution in [2.24, 2.45) is 10.3 Å². The Kier molecular flexibility index (Phi) is 4.90. The zero-order valence-corrected chi connectivity index (χ0v) is 12.7. The first-order valence-corrected chi connectivity index (χ1v) is 7.90. The first-order valence-electron chi connectivity index (χ1n) is 6.42. The number of sulfonamides is 1. The van der Waals surface area contributed by atoms with Crippen LogP contribution in [0.15, 0.2) is 69.7 Å². The zero-order valence-electron chi connectivity index (χ0n) is 11.8. The quantitative estimate of drug-likeness (QED) is 0.503. The highest BCUT2D eigenvalue weighted by Gasteiger charge is 2.12. The molecule has 7 heteroatoms. The first kappa shape index (κ1) is 15.7. The Morgan fingerprint density at radius 2 is 1.73 bits per heavy atom. The van der Waals surface area contributed by atoms with E-state index in [0.29, 0.717) is 5.56 Å². The predicted octanol–water partition coefficient (Wildman–Crippen LogP) is 2.14. The smallest absolute Gasteiger partial charge is 0.276 e. The van der Waals surface area contributed by atoms with Crippen molar-refractivity contribution in [2.45, 2.75) is 11.8 Å². The monoisotopic (exact) mass is 317 g/mol. The van der Waals surface area contributed by atoms with Gasteiger partial charge in [0.1, 0.15) is 5.71 Å². The second-order valence-electron chi connectivity index (χ2n) is 4.52. The Bertz CT molecular complexity index is 783. The number of nitrogens with zero attached hydrogens (tertiary/aromatic N) is 2. The van der Waals surface area contributed by atoms with Gasteiger partial charge in [0.15, 0.2) is 0 Å². The molecule has 0 aliphatic rings. The molecule has 22 heavy (non-hydrogen) atoms. The summed E-state index contributed by atoms with van der Waals surface area (Å²) in [7, 11) is -3.75. The fourth-order valence-corrected chi connectivity index (χ4v) is 2.49. The maximum Gasteiger partial charge on any atom is 0.276 e. The molecule has 0 heterocycles. The molecule has 2 aromatic carbocycles. The molecule has 0 radical (unpaired) electrons. The number of hydrogen-bond donors (Lipinski definition) is 2. The van der Waals surface area contributed by atoms with E-state index < -0.39 is 10.0 Å². The van der Waals surface area contributed by atoms with Crippen LogP contribution in [0.25, 0.3) is 0 Å². The minimum absolute atomic E-state index is 0.109. The summed E-state index contributed by atoms with van der Waals surface area (Å²) in [6.45, 7) is 1.87. The third-order valence-corrected chi connectivity index (χ3v) is 4.11. The maximum absolute atomic E-state index is 12.0. The summed E-state index contributed by atoms with van der Waals surface area (Å²) in [5.74, 6) is 0. The van der Waals surface area contributed by atoms with E-state index in [1.54, 1.807) is 36.4 Å². The molecule has 0 saturated carbocycles. The van der Waals surface area contributed by atoms with Gasteiger partial charge in [-0.2, -0.15) is 13.5 Å². The third kappa shape index (κ3) is 3.92. The Morgan fingerprint density at radius 1 is 1.09 bits per heavy atom. The van der Waals surface area contributed by atoms with Gasteiger partial charge in [-0.15, -0.1) is 0 Å². The maximum atomic E-state index is 12.0. The number of aryl methyl sites for hydroxylation is 1. The molecule has 0 atom stereocenters. The third-order valence-electron chi connectivity index (χ3n) is 2.87. The second kappa shape index (κ2) is 6.86. The highest BCUT2D eigenvalue weighted by molar-refractivity contribution is 7.89. The lowest BCUT2D eigenvalue weighted by Gasteiger charge is -2.03. The summed E-state index contributed by atoms with van der Waals surface area (Å²) < 4.78 is 24.0. The standard InChI is InChI=1S/C15H15N3O3S/c1-12-7-9-14(10-8-12)22(20,21)18-16-11-15(17-19)13-5-3-2-4-6-13/h2-11,18-19H,1H3/b16-11+,17-15-. The topological polar surface area (TPSA) is 91.1 Å². The van der Waals surface area contributed by atoms with Crippen LogP contribution in [0.5, 0.6) is 0 Å². The molecule has 0 spiro atoms. The lowest BCUT2D eigenvalue weighted by molar-refractivity contribution is 0.320. The lowest BCUT2D eigenvalue weighted by Crippen LogP contribution is -2.19.